The number of halogens is 1. The summed E-state index contributed by atoms with van der Waals surface area (Å²) in [6, 6.07) is 14.9. The molecule has 0 N–H and O–H groups in total. The highest BCUT2D eigenvalue weighted by molar-refractivity contribution is 9.10. The normalized spacial score (nSPS) is 10.9. The van der Waals surface area contributed by atoms with Crippen molar-refractivity contribution in [1.82, 2.24) is 0 Å². The molecule has 23 heavy (non-hydrogen) atoms. The Kier molecular flexibility index (Phi) is 5.56. The number of hydrogen-bond donors (Lipinski definition) is 0. The summed E-state index contributed by atoms with van der Waals surface area (Å²) >= 11 is 3.36. The summed E-state index contributed by atoms with van der Waals surface area (Å²) in [5.74, 6) is -0.931. The van der Waals surface area contributed by atoms with E-state index in [0.717, 1.165) is 15.6 Å². The smallest absolute Gasteiger partial charge is 0.128 e. The Bertz CT molecular complexity index is 806. The molecule has 0 bridgehead atoms. The molecule has 0 unspecified atom stereocenters. The van der Waals surface area contributed by atoms with E-state index < -0.39 is 12.6 Å². The fourth-order valence-corrected chi connectivity index (χ4v) is 2.43. The summed E-state index contributed by atoms with van der Waals surface area (Å²) in [5, 5.41) is 20.0. The third-order valence-corrected chi connectivity index (χ3v) is 3.56. The van der Waals surface area contributed by atoms with Crippen LogP contribution in [0.1, 0.15) is 16.7 Å². The Labute approximate surface area is 142 Å². The Hall–Kier alpha value is -2.58. The second kappa shape index (κ2) is 7.61. The number of allylic oxidation sites excluding steroid dienone is 1. The summed E-state index contributed by atoms with van der Waals surface area (Å²) < 4.78 is 6.02. The van der Waals surface area contributed by atoms with Gasteiger partial charge in [0.2, 0.25) is 0 Å². The van der Waals surface area contributed by atoms with Crippen molar-refractivity contribution in [2.45, 2.75) is 6.92 Å². The molecule has 2 rings (SSSR count). The van der Waals surface area contributed by atoms with Gasteiger partial charge < -0.3 is 14.6 Å². The molecule has 0 atom stereocenters. The van der Waals surface area contributed by atoms with Crippen LogP contribution in [0.3, 0.4) is 0 Å². The molecule has 5 heteroatoms. The first-order chi connectivity index (χ1) is 11.0. The predicted molar refractivity (Wildman–Crippen MR) is 89.3 cm³/mol. The van der Waals surface area contributed by atoms with Gasteiger partial charge >= 0.3 is 0 Å². The van der Waals surface area contributed by atoms with Crippen LogP contribution in [-0.4, -0.2) is 12.6 Å². The van der Waals surface area contributed by atoms with E-state index in [0.29, 0.717) is 16.9 Å². The van der Waals surface area contributed by atoms with Crippen molar-refractivity contribution < 1.29 is 14.6 Å². The predicted octanol–water partition coefficient (Wildman–Crippen LogP) is 2.95. The number of rotatable bonds is 5. The van der Waals surface area contributed by atoms with Gasteiger partial charge in [0.25, 0.3) is 0 Å². The van der Waals surface area contributed by atoms with Gasteiger partial charge in [0.1, 0.15) is 12.4 Å². The lowest BCUT2D eigenvalue weighted by Gasteiger charge is -2.11. The van der Waals surface area contributed by atoms with Gasteiger partial charge in [-0.25, -0.2) is 0 Å². The van der Waals surface area contributed by atoms with Crippen LogP contribution in [0.15, 0.2) is 46.9 Å². The van der Waals surface area contributed by atoms with Gasteiger partial charge in [-0.15, -0.1) is 0 Å². The van der Waals surface area contributed by atoms with Crippen molar-refractivity contribution in [2.24, 2.45) is 0 Å². The zero-order valence-corrected chi connectivity index (χ0v) is 14.0. The van der Waals surface area contributed by atoms with E-state index in [4.69, 9.17) is 4.74 Å². The first kappa shape index (κ1) is 16.8. The highest BCUT2D eigenvalue weighted by Crippen LogP contribution is 2.28. The summed E-state index contributed by atoms with van der Waals surface area (Å²) in [4.78, 5) is 10.6. The maximum Gasteiger partial charge on any atom is 0.128 e. The highest BCUT2D eigenvalue weighted by Gasteiger charge is 2.07. The summed E-state index contributed by atoms with van der Waals surface area (Å²) in [6.45, 7) is 1.40. The minimum absolute atomic E-state index is 0.373. The van der Waals surface area contributed by atoms with Gasteiger partial charge in [0, 0.05) is 10.0 Å². The molecule has 0 aliphatic rings. The Morgan fingerprint density at radius 2 is 2.13 bits per heavy atom. The quantitative estimate of drug-likeness (QED) is 0.598. The first-order valence-corrected chi connectivity index (χ1v) is 7.60. The van der Waals surface area contributed by atoms with Crippen LogP contribution in [0, 0.1) is 18.3 Å². The third-order valence-electron chi connectivity index (χ3n) is 3.07. The van der Waals surface area contributed by atoms with Gasteiger partial charge in [0.15, 0.2) is 0 Å². The highest BCUT2D eigenvalue weighted by atomic mass is 79.9. The molecule has 0 radical (unpaired) electrons. The number of hydrogen-bond acceptors (Lipinski definition) is 4. The fourth-order valence-electron chi connectivity index (χ4n) is 2.05. The first-order valence-electron chi connectivity index (χ1n) is 6.80. The molecule has 0 spiro atoms. The molecule has 0 heterocycles. The van der Waals surface area contributed by atoms with E-state index in [1.54, 1.807) is 24.3 Å². The average Bonchev–Trinajstić information content (AvgIpc) is 2.51. The molecular weight excluding hydrogens is 358 g/mol. The van der Waals surface area contributed by atoms with E-state index >= 15 is 0 Å². The lowest BCUT2D eigenvalue weighted by Crippen LogP contribution is -2.29. The molecule has 116 valence electrons. The fraction of sp³-hybridized carbons (Fsp3) is 0.111. The summed E-state index contributed by atoms with van der Waals surface area (Å²) in [5.41, 5.74) is 2.91. The number of carboxylic acids is 1. The standard InChI is InChI=1S/C18H14BrNO3/c1-12-3-2-4-13(7-12)15(10-20)8-14-9-16(19)5-6-17(14)23-11-18(21)22/h2-9H,11H2,1H3,(H,21,22)/p-1/b15-8-. The number of nitrogens with zero attached hydrogens (tertiary/aromatic N) is 1. The van der Waals surface area contributed by atoms with E-state index in [-0.39, 0.29) is 0 Å². The molecule has 0 aromatic heterocycles. The lowest BCUT2D eigenvalue weighted by atomic mass is 10.0. The number of carbonyl (C=O) groups is 1. The van der Waals surface area contributed by atoms with Gasteiger partial charge in [-0.05, 0) is 36.8 Å². The number of nitriles is 1. The number of aliphatic carboxylic acids is 1. The zero-order valence-electron chi connectivity index (χ0n) is 12.4. The van der Waals surface area contributed by atoms with E-state index in [9.17, 15) is 15.2 Å². The van der Waals surface area contributed by atoms with Crippen LogP contribution >= 0.6 is 15.9 Å². The van der Waals surface area contributed by atoms with Crippen molar-refractivity contribution in [3.8, 4) is 11.8 Å². The van der Waals surface area contributed by atoms with Crippen molar-refractivity contribution in [2.75, 3.05) is 6.61 Å². The molecule has 0 aliphatic heterocycles. The maximum absolute atomic E-state index is 10.6. The van der Waals surface area contributed by atoms with Crippen molar-refractivity contribution >= 4 is 33.5 Å². The molecule has 4 nitrogen and oxygen atoms in total. The van der Waals surface area contributed by atoms with Crippen LogP contribution in [-0.2, 0) is 4.79 Å². The third kappa shape index (κ3) is 4.70. The molecule has 0 saturated carbocycles. The van der Waals surface area contributed by atoms with Crippen LogP contribution in [0.4, 0.5) is 0 Å². The van der Waals surface area contributed by atoms with Gasteiger partial charge in [-0.2, -0.15) is 5.26 Å². The second-order valence-corrected chi connectivity index (χ2v) is 5.80. The molecule has 0 saturated heterocycles. The molecule has 2 aromatic carbocycles. The monoisotopic (exact) mass is 370 g/mol. The second-order valence-electron chi connectivity index (χ2n) is 4.88. The molecule has 0 aliphatic carbocycles. The largest absolute Gasteiger partial charge is 0.546 e. The molecule has 2 aromatic rings. The van der Waals surface area contributed by atoms with Gasteiger partial charge in [-0.3, -0.25) is 0 Å². The minimum atomic E-state index is -1.30. The van der Waals surface area contributed by atoms with E-state index in [1.807, 2.05) is 31.2 Å². The summed E-state index contributed by atoms with van der Waals surface area (Å²) in [7, 11) is 0. The van der Waals surface area contributed by atoms with Crippen molar-refractivity contribution in [3.63, 3.8) is 0 Å². The Morgan fingerprint density at radius 3 is 2.78 bits per heavy atom. The lowest BCUT2D eigenvalue weighted by molar-refractivity contribution is -0.307. The molecule has 0 fully saturated rings. The van der Waals surface area contributed by atoms with E-state index in [1.165, 1.54) is 0 Å². The average molecular weight is 371 g/mol. The van der Waals surface area contributed by atoms with Crippen molar-refractivity contribution in [1.29, 1.82) is 5.26 Å². The minimum Gasteiger partial charge on any atom is -0.546 e. The Morgan fingerprint density at radius 1 is 1.35 bits per heavy atom. The van der Waals surface area contributed by atoms with Crippen LogP contribution in [0.25, 0.3) is 11.6 Å². The van der Waals surface area contributed by atoms with Crippen LogP contribution < -0.4 is 9.84 Å². The topological polar surface area (TPSA) is 73.1 Å². The number of benzene rings is 2. The van der Waals surface area contributed by atoms with Crippen LogP contribution in [0.5, 0.6) is 5.75 Å². The zero-order chi connectivity index (χ0) is 16.8. The number of carbonyl (C=O) groups excluding carboxylic acids is 1. The maximum atomic E-state index is 10.6. The molecule has 0 amide bonds. The Balaban J connectivity index is 2.44. The van der Waals surface area contributed by atoms with Crippen molar-refractivity contribution in [3.05, 3.63) is 63.6 Å². The molecular formula is C18H13BrNO3-. The SMILES string of the molecule is Cc1cccc(/C(C#N)=C\c2cc(Br)ccc2OCC(=O)[O-])c1. The van der Waals surface area contributed by atoms with E-state index in [2.05, 4.69) is 22.0 Å². The number of aryl methyl sites for hydroxylation is 1. The number of ether oxygens (including phenoxy) is 1. The number of carboxylic acid groups (broad SMARTS) is 1. The summed E-state index contributed by atoms with van der Waals surface area (Å²) in [6.07, 6.45) is 1.67. The van der Waals surface area contributed by atoms with Gasteiger partial charge in [-0.1, -0.05) is 45.8 Å². The van der Waals surface area contributed by atoms with Crippen LogP contribution in [0.2, 0.25) is 0 Å². The van der Waals surface area contributed by atoms with Gasteiger partial charge in [0.05, 0.1) is 17.6 Å².